The van der Waals surface area contributed by atoms with Gasteiger partial charge in [-0.25, -0.2) is 17.6 Å². The van der Waals surface area contributed by atoms with E-state index < -0.39 is 26.7 Å². The Labute approximate surface area is 124 Å². The molecule has 0 fully saturated rings. The fourth-order valence-corrected chi connectivity index (χ4v) is 3.17. The van der Waals surface area contributed by atoms with Crippen LogP contribution in [0.3, 0.4) is 0 Å². The van der Waals surface area contributed by atoms with Gasteiger partial charge in [0, 0.05) is 11.9 Å². The zero-order chi connectivity index (χ0) is 15.8. The first-order valence-electron chi connectivity index (χ1n) is 5.62. The monoisotopic (exact) mass is 332 g/mol. The van der Waals surface area contributed by atoms with E-state index in [9.17, 15) is 17.6 Å². The van der Waals surface area contributed by atoms with Crippen molar-refractivity contribution in [3.8, 4) is 0 Å². The van der Waals surface area contributed by atoms with Gasteiger partial charge in [-0.15, -0.1) is 0 Å². The van der Waals surface area contributed by atoms with Gasteiger partial charge in [0.2, 0.25) is 0 Å². The summed E-state index contributed by atoms with van der Waals surface area (Å²) in [7, 11) is -4.30. The van der Waals surface area contributed by atoms with Gasteiger partial charge in [0.15, 0.2) is 5.82 Å². The average molecular weight is 333 g/mol. The van der Waals surface area contributed by atoms with Crippen LogP contribution in [-0.2, 0) is 10.0 Å². The minimum absolute atomic E-state index is 0.181. The molecule has 0 saturated carbocycles. The molecular formula is C12H10ClFN2O4S. The lowest BCUT2D eigenvalue weighted by molar-refractivity contribution is 0.0697. The number of benzene rings is 1. The Hall–Kier alpha value is -2.06. The molecule has 21 heavy (non-hydrogen) atoms. The van der Waals surface area contributed by atoms with E-state index in [-0.39, 0.29) is 22.0 Å². The number of nitrogens with one attached hydrogen (secondary N) is 2. The molecule has 0 bridgehead atoms. The molecule has 0 aliphatic rings. The zero-order valence-corrected chi connectivity index (χ0v) is 12.2. The Bertz CT molecular complexity index is 817. The molecule has 0 atom stereocenters. The van der Waals surface area contributed by atoms with Gasteiger partial charge in [0.1, 0.15) is 10.5 Å². The molecule has 0 radical (unpaired) electrons. The lowest BCUT2D eigenvalue weighted by Gasteiger charge is -2.09. The smallest absolute Gasteiger partial charge is 0.339 e. The number of hydrogen-bond acceptors (Lipinski definition) is 3. The van der Waals surface area contributed by atoms with Crippen molar-refractivity contribution in [2.75, 3.05) is 4.72 Å². The predicted octanol–water partition coefficient (Wildman–Crippen LogP) is 2.61. The van der Waals surface area contributed by atoms with Crippen molar-refractivity contribution in [3.63, 3.8) is 0 Å². The summed E-state index contributed by atoms with van der Waals surface area (Å²) in [5.41, 5.74) is -0.146. The van der Waals surface area contributed by atoms with Crippen LogP contribution in [0.15, 0.2) is 29.3 Å². The summed E-state index contributed by atoms with van der Waals surface area (Å²) >= 11 is 5.54. The number of anilines is 1. The van der Waals surface area contributed by atoms with Crippen LogP contribution >= 0.6 is 11.6 Å². The molecule has 1 heterocycles. The summed E-state index contributed by atoms with van der Waals surface area (Å²) in [6.45, 7) is 1.47. The summed E-state index contributed by atoms with van der Waals surface area (Å²) in [4.78, 5) is 13.0. The summed E-state index contributed by atoms with van der Waals surface area (Å²) in [6.07, 6.45) is 1.18. The number of halogens is 2. The number of carboxylic acids is 1. The zero-order valence-electron chi connectivity index (χ0n) is 10.6. The highest BCUT2D eigenvalue weighted by Gasteiger charge is 2.24. The third-order valence-electron chi connectivity index (χ3n) is 2.74. The van der Waals surface area contributed by atoms with Gasteiger partial charge in [0.25, 0.3) is 10.0 Å². The van der Waals surface area contributed by atoms with E-state index in [4.69, 9.17) is 16.7 Å². The Morgan fingerprint density at radius 2 is 2.10 bits per heavy atom. The summed E-state index contributed by atoms with van der Waals surface area (Å²) in [5.74, 6) is -2.41. The molecule has 9 heteroatoms. The number of aromatic nitrogens is 1. The van der Waals surface area contributed by atoms with Crippen molar-refractivity contribution >= 4 is 33.3 Å². The number of carboxylic acid groups (broad SMARTS) is 1. The SMILES string of the molecule is Cc1[nH]cc(NS(=O)(=O)c2cccc(Cl)c2F)c1C(=O)O. The van der Waals surface area contributed by atoms with Crippen molar-refractivity contribution in [1.82, 2.24) is 4.98 Å². The minimum Gasteiger partial charge on any atom is -0.478 e. The molecule has 0 spiro atoms. The van der Waals surface area contributed by atoms with Gasteiger partial charge in [-0.3, -0.25) is 4.72 Å². The molecule has 0 saturated heterocycles. The average Bonchev–Trinajstić information content (AvgIpc) is 2.72. The van der Waals surface area contributed by atoms with Crippen LogP contribution in [0, 0.1) is 12.7 Å². The van der Waals surface area contributed by atoms with E-state index >= 15 is 0 Å². The normalized spacial score (nSPS) is 11.4. The fraction of sp³-hybridized carbons (Fsp3) is 0.0833. The van der Waals surface area contributed by atoms with Crippen molar-refractivity contribution < 1.29 is 22.7 Å². The van der Waals surface area contributed by atoms with E-state index in [1.165, 1.54) is 25.3 Å². The number of aromatic carboxylic acids is 1. The molecule has 2 rings (SSSR count). The number of H-pyrrole nitrogens is 1. The summed E-state index contributed by atoms with van der Waals surface area (Å²) < 4.78 is 40.1. The van der Waals surface area contributed by atoms with E-state index in [0.29, 0.717) is 0 Å². The fourth-order valence-electron chi connectivity index (χ4n) is 1.77. The third kappa shape index (κ3) is 2.86. The maximum absolute atomic E-state index is 13.8. The number of sulfonamides is 1. The van der Waals surface area contributed by atoms with Crippen LogP contribution in [0.2, 0.25) is 5.02 Å². The van der Waals surface area contributed by atoms with Crippen molar-refractivity contribution in [2.24, 2.45) is 0 Å². The first kappa shape index (κ1) is 15.3. The van der Waals surface area contributed by atoms with E-state index in [2.05, 4.69) is 4.98 Å². The molecule has 3 N–H and O–H groups in total. The molecule has 0 unspecified atom stereocenters. The Morgan fingerprint density at radius 1 is 1.43 bits per heavy atom. The molecule has 0 amide bonds. The summed E-state index contributed by atoms with van der Waals surface area (Å²) in [5, 5.41) is 8.71. The van der Waals surface area contributed by atoms with Crippen LogP contribution < -0.4 is 4.72 Å². The first-order valence-corrected chi connectivity index (χ1v) is 7.48. The number of carbonyl (C=O) groups is 1. The minimum atomic E-state index is -4.30. The highest BCUT2D eigenvalue weighted by Crippen LogP contribution is 2.26. The molecule has 6 nitrogen and oxygen atoms in total. The van der Waals surface area contributed by atoms with E-state index in [1.807, 2.05) is 4.72 Å². The van der Waals surface area contributed by atoms with Crippen LogP contribution in [0.4, 0.5) is 10.1 Å². The maximum atomic E-state index is 13.8. The molecule has 112 valence electrons. The second-order valence-electron chi connectivity index (χ2n) is 4.16. The van der Waals surface area contributed by atoms with Gasteiger partial charge in [-0.1, -0.05) is 17.7 Å². The second kappa shape index (κ2) is 5.38. The highest BCUT2D eigenvalue weighted by molar-refractivity contribution is 7.92. The predicted molar refractivity (Wildman–Crippen MR) is 74.7 cm³/mol. The van der Waals surface area contributed by atoms with Gasteiger partial charge >= 0.3 is 5.97 Å². The molecular weight excluding hydrogens is 323 g/mol. The van der Waals surface area contributed by atoms with Crippen LogP contribution in [-0.4, -0.2) is 24.5 Å². The van der Waals surface area contributed by atoms with E-state index in [0.717, 1.165) is 6.07 Å². The number of aryl methyl sites for hydroxylation is 1. The van der Waals surface area contributed by atoms with Gasteiger partial charge in [-0.2, -0.15) is 0 Å². The van der Waals surface area contributed by atoms with Crippen molar-refractivity contribution in [3.05, 3.63) is 46.5 Å². The quantitative estimate of drug-likeness (QED) is 0.801. The lowest BCUT2D eigenvalue weighted by Crippen LogP contribution is -2.16. The molecule has 0 aliphatic heterocycles. The topological polar surface area (TPSA) is 99.3 Å². The third-order valence-corrected chi connectivity index (χ3v) is 4.42. The van der Waals surface area contributed by atoms with Crippen LogP contribution in [0.1, 0.15) is 16.1 Å². The van der Waals surface area contributed by atoms with Crippen LogP contribution in [0.25, 0.3) is 0 Å². The lowest BCUT2D eigenvalue weighted by atomic mass is 10.2. The Kier molecular flexibility index (Phi) is 3.93. The maximum Gasteiger partial charge on any atom is 0.339 e. The Morgan fingerprint density at radius 3 is 2.71 bits per heavy atom. The molecule has 0 aliphatic carbocycles. The van der Waals surface area contributed by atoms with E-state index in [1.54, 1.807) is 0 Å². The molecule has 1 aromatic heterocycles. The molecule has 1 aromatic carbocycles. The number of hydrogen-bond donors (Lipinski definition) is 3. The Balaban J connectivity index is 2.48. The number of rotatable bonds is 4. The van der Waals surface area contributed by atoms with Crippen molar-refractivity contribution in [1.29, 1.82) is 0 Å². The van der Waals surface area contributed by atoms with Gasteiger partial charge in [-0.05, 0) is 19.1 Å². The first-order chi connectivity index (χ1) is 9.74. The largest absolute Gasteiger partial charge is 0.478 e. The van der Waals surface area contributed by atoms with Crippen LogP contribution in [0.5, 0.6) is 0 Å². The number of aromatic amines is 1. The molecule has 2 aromatic rings. The highest BCUT2D eigenvalue weighted by atomic mass is 35.5. The summed E-state index contributed by atoms with van der Waals surface area (Å²) in [6, 6.07) is 3.52. The van der Waals surface area contributed by atoms with Crippen molar-refractivity contribution in [2.45, 2.75) is 11.8 Å². The van der Waals surface area contributed by atoms with Gasteiger partial charge in [0.05, 0.1) is 10.7 Å². The second-order valence-corrected chi connectivity index (χ2v) is 6.22. The standard InChI is InChI=1S/C12H10ClFN2O4S/c1-6-10(12(17)18)8(5-15-6)16-21(19,20)9-4-2-3-7(13)11(9)14/h2-5,15-16H,1H3,(H,17,18). The van der Waals surface area contributed by atoms with Gasteiger partial charge < -0.3 is 10.1 Å².